The first-order chi connectivity index (χ1) is 11.0. The van der Waals surface area contributed by atoms with E-state index in [9.17, 15) is 19.2 Å². The highest BCUT2D eigenvalue weighted by molar-refractivity contribution is 6.51. The molecule has 120 valence electrons. The molecule has 6 nitrogen and oxygen atoms in total. The fourth-order valence-electron chi connectivity index (χ4n) is 2.39. The second kappa shape index (κ2) is 7.00. The van der Waals surface area contributed by atoms with E-state index in [2.05, 4.69) is 0 Å². The summed E-state index contributed by atoms with van der Waals surface area (Å²) in [4.78, 5) is 48.2. The minimum Gasteiger partial charge on any atom is -0.465 e. The van der Waals surface area contributed by atoms with Crippen molar-refractivity contribution in [2.45, 2.75) is 13.8 Å². The van der Waals surface area contributed by atoms with E-state index >= 15 is 0 Å². The van der Waals surface area contributed by atoms with Crippen LogP contribution in [0.1, 0.15) is 29.8 Å². The van der Waals surface area contributed by atoms with Crippen molar-refractivity contribution in [3.8, 4) is 0 Å². The van der Waals surface area contributed by atoms with Crippen LogP contribution in [0.5, 0.6) is 0 Å². The van der Waals surface area contributed by atoms with E-state index in [0.29, 0.717) is 5.56 Å². The Morgan fingerprint density at radius 2 is 1.48 bits per heavy atom. The van der Waals surface area contributed by atoms with Crippen molar-refractivity contribution in [2.75, 3.05) is 13.2 Å². The maximum absolute atomic E-state index is 12.2. The van der Waals surface area contributed by atoms with E-state index < -0.39 is 29.4 Å². The lowest BCUT2D eigenvalue weighted by Crippen LogP contribution is -2.32. The number of Topliss-reactive ketones (excluding diaryl/α,β-unsaturated/α-hetero) is 1. The van der Waals surface area contributed by atoms with Crippen LogP contribution in [-0.4, -0.2) is 36.7 Å². The summed E-state index contributed by atoms with van der Waals surface area (Å²) in [5, 5.41) is 0. The Bertz CT molecular complexity index is 683. The van der Waals surface area contributed by atoms with Crippen LogP contribution in [0, 0.1) is 5.92 Å². The van der Waals surface area contributed by atoms with Gasteiger partial charge < -0.3 is 9.47 Å². The van der Waals surface area contributed by atoms with Gasteiger partial charge >= 0.3 is 11.9 Å². The van der Waals surface area contributed by atoms with Gasteiger partial charge in [0.05, 0.1) is 13.2 Å². The Morgan fingerprint density at radius 1 is 0.957 bits per heavy atom. The number of hydrogen-bond donors (Lipinski definition) is 0. The third-order valence-electron chi connectivity index (χ3n) is 3.35. The molecule has 1 aromatic carbocycles. The zero-order chi connectivity index (χ0) is 17.0. The van der Waals surface area contributed by atoms with E-state index in [1.807, 2.05) is 0 Å². The average molecular weight is 316 g/mol. The summed E-state index contributed by atoms with van der Waals surface area (Å²) in [5.41, 5.74) is 0.652. The quantitative estimate of drug-likeness (QED) is 0.465. The summed E-state index contributed by atoms with van der Waals surface area (Å²) in [7, 11) is 0. The zero-order valence-electron chi connectivity index (χ0n) is 12.8. The first-order valence-electron chi connectivity index (χ1n) is 7.24. The molecular weight excluding hydrogens is 300 g/mol. The molecule has 6 heteroatoms. The van der Waals surface area contributed by atoms with Gasteiger partial charge in [-0.25, -0.2) is 0 Å². The summed E-state index contributed by atoms with van der Waals surface area (Å²) >= 11 is 0. The molecule has 0 amide bonds. The van der Waals surface area contributed by atoms with E-state index in [1.54, 1.807) is 32.0 Å². The van der Waals surface area contributed by atoms with Gasteiger partial charge in [0.1, 0.15) is 0 Å². The lowest BCUT2D eigenvalue weighted by molar-refractivity contribution is -0.158. The second-order valence-electron chi connectivity index (χ2n) is 4.78. The van der Waals surface area contributed by atoms with Crippen LogP contribution >= 0.6 is 0 Å². The summed E-state index contributed by atoms with van der Waals surface area (Å²) in [6.07, 6.45) is 1.02. The molecule has 0 aromatic heterocycles. The predicted molar refractivity (Wildman–Crippen MR) is 80.5 cm³/mol. The Morgan fingerprint density at radius 3 is 2.00 bits per heavy atom. The third kappa shape index (κ3) is 3.21. The molecule has 0 heterocycles. The molecule has 0 saturated heterocycles. The Hall–Kier alpha value is -2.76. The van der Waals surface area contributed by atoms with Gasteiger partial charge in [-0.2, -0.15) is 0 Å². The maximum Gasteiger partial charge on any atom is 0.324 e. The van der Waals surface area contributed by atoms with Crippen LogP contribution in [0.25, 0.3) is 5.57 Å². The molecule has 0 radical (unpaired) electrons. The van der Waals surface area contributed by atoms with Gasteiger partial charge in [-0.1, -0.05) is 24.3 Å². The SMILES string of the molecule is CCOC(=O)C(C(=O)OCC)C1=CC(=O)C(=O)c2ccccc21. The Labute approximate surface area is 133 Å². The highest BCUT2D eigenvalue weighted by Gasteiger charge is 2.38. The Kier molecular flexibility index (Phi) is 5.05. The van der Waals surface area contributed by atoms with Crippen molar-refractivity contribution in [3.63, 3.8) is 0 Å². The van der Waals surface area contributed by atoms with Gasteiger partial charge in [0.2, 0.25) is 11.6 Å². The lowest BCUT2D eigenvalue weighted by atomic mass is 9.82. The normalized spacial score (nSPS) is 13.4. The number of carbonyl (C=O) groups is 4. The van der Waals surface area contributed by atoms with Crippen LogP contribution in [0.3, 0.4) is 0 Å². The standard InChI is InChI=1S/C17H16O6/c1-3-22-16(20)14(17(21)23-4-2)12-9-13(18)15(19)11-8-6-5-7-10(11)12/h5-9,14H,3-4H2,1-2H3. The topological polar surface area (TPSA) is 86.7 Å². The minimum atomic E-state index is -1.40. The predicted octanol–water partition coefficient (Wildman–Crippen LogP) is 1.58. The smallest absolute Gasteiger partial charge is 0.324 e. The number of esters is 2. The lowest BCUT2D eigenvalue weighted by Gasteiger charge is -2.21. The number of ether oxygens (including phenoxy) is 2. The number of benzene rings is 1. The average Bonchev–Trinajstić information content (AvgIpc) is 2.53. The second-order valence-corrected chi connectivity index (χ2v) is 4.78. The molecule has 0 fully saturated rings. The van der Waals surface area contributed by atoms with Gasteiger partial charge in [-0.15, -0.1) is 0 Å². The number of carbonyl (C=O) groups excluding carboxylic acids is 4. The summed E-state index contributed by atoms with van der Waals surface area (Å²) in [6.45, 7) is 3.38. The van der Waals surface area contributed by atoms with Crippen LogP contribution in [0.2, 0.25) is 0 Å². The monoisotopic (exact) mass is 316 g/mol. The number of allylic oxidation sites excluding steroid dienone is 1. The molecule has 0 aliphatic heterocycles. The number of fused-ring (bicyclic) bond motifs is 1. The number of ketones is 2. The van der Waals surface area contributed by atoms with E-state index in [4.69, 9.17) is 9.47 Å². The molecule has 0 N–H and O–H groups in total. The fourth-order valence-corrected chi connectivity index (χ4v) is 2.39. The van der Waals surface area contributed by atoms with Gasteiger partial charge in [0.15, 0.2) is 5.92 Å². The molecule has 2 rings (SSSR count). The maximum atomic E-state index is 12.2. The van der Waals surface area contributed by atoms with Gasteiger partial charge in [-0.05, 0) is 31.1 Å². The van der Waals surface area contributed by atoms with E-state index in [0.717, 1.165) is 6.08 Å². The first kappa shape index (κ1) is 16.6. The van der Waals surface area contributed by atoms with E-state index in [1.165, 1.54) is 6.07 Å². The van der Waals surface area contributed by atoms with Crippen molar-refractivity contribution in [1.82, 2.24) is 0 Å². The van der Waals surface area contributed by atoms with Gasteiger partial charge in [-0.3, -0.25) is 19.2 Å². The summed E-state index contributed by atoms with van der Waals surface area (Å²) in [6, 6.07) is 6.33. The van der Waals surface area contributed by atoms with Crippen molar-refractivity contribution in [3.05, 3.63) is 41.5 Å². The molecule has 0 saturated carbocycles. The highest BCUT2D eigenvalue weighted by atomic mass is 16.6. The van der Waals surface area contributed by atoms with Crippen LogP contribution in [-0.2, 0) is 23.9 Å². The molecule has 0 bridgehead atoms. The molecule has 1 aliphatic rings. The van der Waals surface area contributed by atoms with Crippen molar-refractivity contribution in [1.29, 1.82) is 0 Å². The van der Waals surface area contributed by atoms with Crippen LogP contribution < -0.4 is 0 Å². The van der Waals surface area contributed by atoms with Crippen LogP contribution in [0.15, 0.2) is 30.3 Å². The van der Waals surface area contributed by atoms with Crippen LogP contribution in [0.4, 0.5) is 0 Å². The zero-order valence-corrected chi connectivity index (χ0v) is 12.8. The van der Waals surface area contributed by atoms with Crippen molar-refractivity contribution in [2.24, 2.45) is 5.92 Å². The third-order valence-corrected chi connectivity index (χ3v) is 3.35. The highest BCUT2D eigenvalue weighted by Crippen LogP contribution is 2.32. The number of rotatable bonds is 5. The molecule has 0 atom stereocenters. The largest absolute Gasteiger partial charge is 0.465 e. The molecule has 0 spiro atoms. The Balaban J connectivity index is 2.55. The summed E-state index contributed by atoms with van der Waals surface area (Å²) in [5.74, 6) is -4.47. The molecular formula is C17H16O6. The molecule has 23 heavy (non-hydrogen) atoms. The van der Waals surface area contributed by atoms with E-state index in [-0.39, 0.29) is 24.4 Å². The molecule has 1 aromatic rings. The van der Waals surface area contributed by atoms with Gasteiger partial charge in [0.25, 0.3) is 0 Å². The molecule has 0 unspecified atom stereocenters. The fraction of sp³-hybridized carbons (Fsp3) is 0.294. The first-order valence-corrected chi connectivity index (χ1v) is 7.24. The van der Waals surface area contributed by atoms with Crippen molar-refractivity contribution < 1.29 is 28.7 Å². The number of hydrogen-bond acceptors (Lipinski definition) is 6. The summed E-state index contributed by atoms with van der Waals surface area (Å²) < 4.78 is 9.85. The molecule has 1 aliphatic carbocycles. The van der Waals surface area contributed by atoms with Crippen molar-refractivity contribution >= 4 is 29.1 Å². The minimum absolute atomic E-state index is 0.0799. The van der Waals surface area contributed by atoms with Gasteiger partial charge in [0, 0.05) is 5.56 Å².